The monoisotopic (exact) mass is 477 g/mol. The lowest BCUT2D eigenvalue weighted by Gasteiger charge is -2.29. The van der Waals surface area contributed by atoms with Gasteiger partial charge in [0, 0.05) is 18.2 Å². The molecule has 1 N–H and O–H groups in total. The van der Waals surface area contributed by atoms with Crippen LogP contribution in [0.2, 0.25) is 0 Å². The van der Waals surface area contributed by atoms with E-state index < -0.39 is 0 Å². The zero-order valence-corrected chi connectivity index (χ0v) is 20.2. The number of carbonyl (C=O) groups excluding carboxylic acids is 4. The normalized spacial score (nSPS) is 15.7. The van der Waals surface area contributed by atoms with Crippen LogP contribution in [0.15, 0.2) is 42.5 Å². The lowest BCUT2D eigenvalue weighted by atomic mass is 9.94. The van der Waals surface area contributed by atoms with Gasteiger partial charge in [-0.2, -0.15) is 0 Å². The lowest BCUT2D eigenvalue weighted by Crippen LogP contribution is -2.40. The van der Waals surface area contributed by atoms with Crippen molar-refractivity contribution in [2.24, 2.45) is 0 Å². The van der Waals surface area contributed by atoms with Crippen molar-refractivity contribution in [3.8, 4) is 5.75 Å². The van der Waals surface area contributed by atoms with Crippen LogP contribution < -0.4 is 10.1 Å². The summed E-state index contributed by atoms with van der Waals surface area (Å²) in [5.41, 5.74) is 1.41. The van der Waals surface area contributed by atoms with Gasteiger partial charge >= 0.3 is 0 Å². The molecule has 0 saturated heterocycles. The van der Waals surface area contributed by atoms with Crippen molar-refractivity contribution >= 4 is 29.3 Å². The van der Waals surface area contributed by atoms with Gasteiger partial charge in [0.2, 0.25) is 5.91 Å². The van der Waals surface area contributed by atoms with Crippen LogP contribution in [0.3, 0.4) is 0 Å². The number of nitrogens with one attached hydrogen (secondary N) is 1. The number of rotatable bonds is 8. The van der Waals surface area contributed by atoms with Gasteiger partial charge in [-0.15, -0.1) is 0 Å². The molecule has 0 radical (unpaired) electrons. The Labute approximate surface area is 205 Å². The molecule has 0 atom stereocenters. The summed E-state index contributed by atoms with van der Waals surface area (Å²) < 4.78 is 5.27. The minimum Gasteiger partial charge on any atom is -0.495 e. The largest absolute Gasteiger partial charge is 0.495 e. The Morgan fingerprint density at radius 1 is 1.03 bits per heavy atom. The van der Waals surface area contributed by atoms with Crippen LogP contribution in [0, 0.1) is 0 Å². The molecule has 0 bridgehead atoms. The molecule has 4 amide bonds. The van der Waals surface area contributed by atoms with E-state index in [1.165, 1.54) is 23.0 Å². The molecular weight excluding hydrogens is 446 g/mol. The summed E-state index contributed by atoms with van der Waals surface area (Å²) in [5, 5.41) is 2.79. The number of nitrogens with zero attached hydrogens (tertiary/aromatic N) is 2. The van der Waals surface area contributed by atoms with Crippen LogP contribution >= 0.6 is 0 Å². The number of carbonyl (C=O) groups is 4. The summed E-state index contributed by atoms with van der Waals surface area (Å²) in [5.74, 6) is -0.799. The number of anilines is 1. The topological polar surface area (TPSA) is 96.0 Å². The van der Waals surface area contributed by atoms with E-state index in [1.807, 2.05) is 6.92 Å². The number of ether oxygens (including phenoxy) is 1. The first kappa shape index (κ1) is 24.4. The Morgan fingerprint density at radius 3 is 2.46 bits per heavy atom. The van der Waals surface area contributed by atoms with Gasteiger partial charge in [0.25, 0.3) is 17.7 Å². The number of imide groups is 1. The van der Waals surface area contributed by atoms with E-state index in [1.54, 1.807) is 36.4 Å². The Morgan fingerprint density at radius 2 is 1.74 bits per heavy atom. The Bertz CT molecular complexity index is 1140. The predicted octanol–water partition coefficient (Wildman–Crippen LogP) is 4.11. The first-order valence-electron chi connectivity index (χ1n) is 12.2. The van der Waals surface area contributed by atoms with Crippen LogP contribution in [-0.4, -0.2) is 59.7 Å². The molecule has 1 aliphatic heterocycles. The fraction of sp³-hybridized carbons (Fsp3) is 0.407. The second-order valence-electron chi connectivity index (χ2n) is 9.01. The predicted molar refractivity (Wildman–Crippen MR) is 132 cm³/mol. The number of para-hydroxylation sites is 2. The van der Waals surface area contributed by atoms with Crippen LogP contribution in [0.1, 0.15) is 76.5 Å². The molecule has 1 saturated carbocycles. The molecule has 2 aromatic carbocycles. The molecule has 0 unspecified atom stereocenters. The molecule has 1 heterocycles. The highest BCUT2D eigenvalue weighted by Crippen LogP contribution is 2.31. The van der Waals surface area contributed by atoms with Crippen LogP contribution in [0.4, 0.5) is 5.69 Å². The molecule has 8 nitrogen and oxygen atoms in total. The van der Waals surface area contributed by atoms with Gasteiger partial charge in [0.05, 0.1) is 23.9 Å². The molecule has 1 aliphatic carbocycles. The van der Waals surface area contributed by atoms with Gasteiger partial charge < -0.3 is 15.0 Å². The zero-order valence-electron chi connectivity index (χ0n) is 20.2. The summed E-state index contributed by atoms with van der Waals surface area (Å²) in [6, 6.07) is 11.6. The number of hydrogen-bond donors (Lipinski definition) is 1. The van der Waals surface area contributed by atoms with Crippen molar-refractivity contribution in [3.05, 3.63) is 59.2 Å². The third-order valence-corrected chi connectivity index (χ3v) is 6.60. The maximum Gasteiger partial charge on any atom is 0.261 e. The van der Waals surface area contributed by atoms with Crippen molar-refractivity contribution in [1.82, 2.24) is 9.80 Å². The minimum atomic E-state index is -0.360. The molecule has 184 valence electrons. The second kappa shape index (κ2) is 10.7. The SMILES string of the molecule is CCCN(CC(=O)Nc1ccccc1OC)C(=O)c1ccc2c(c1)C(=O)N(C1CCCCC1)C2=O. The van der Waals surface area contributed by atoms with E-state index in [-0.39, 0.29) is 47.3 Å². The van der Waals surface area contributed by atoms with Crippen molar-refractivity contribution < 1.29 is 23.9 Å². The molecule has 1 fully saturated rings. The van der Waals surface area contributed by atoms with Gasteiger partial charge in [-0.05, 0) is 49.6 Å². The lowest BCUT2D eigenvalue weighted by molar-refractivity contribution is -0.116. The zero-order chi connectivity index (χ0) is 24.9. The Hall–Kier alpha value is -3.68. The maximum atomic E-state index is 13.3. The second-order valence-corrected chi connectivity index (χ2v) is 9.01. The summed E-state index contributed by atoms with van der Waals surface area (Å²) in [6.07, 6.45) is 5.43. The summed E-state index contributed by atoms with van der Waals surface area (Å²) >= 11 is 0. The summed E-state index contributed by atoms with van der Waals surface area (Å²) in [4.78, 5) is 55.0. The van der Waals surface area contributed by atoms with Crippen molar-refractivity contribution in [2.75, 3.05) is 25.5 Å². The average molecular weight is 478 g/mol. The van der Waals surface area contributed by atoms with Crippen molar-refractivity contribution in [2.45, 2.75) is 51.5 Å². The third kappa shape index (κ3) is 5.06. The number of fused-ring (bicyclic) bond motifs is 1. The molecular formula is C27H31N3O5. The quantitative estimate of drug-likeness (QED) is 0.577. The molecule has 4 rings (SSSR count). The Kier molecular flexibility index (Phi) is 7.48. The van der Waals surface area contributed by atoms with Crippen molar-refractivity contribution in [3.63, 3.8) is 0 Å². The molecule has 0 spiro atoms. The van der Waals surface area contributed by atoms with Gasteiger partial charge in [-0.3, -0.25) is 24.1 Å². The van der Waals surface area contributed by atoms with E-state index in [4.69, 9.17) is 4.74 Å². The van der Waals surface area contributed by atoms with Crippen molar-refractivity contribution in [1.29, 1.82) is 0 Å². The highest BCUT2D eigenvalue weighted by Gasteiger charge is 2.40. The average Bonchev–Trinajstić information content (AvgIpc) is 3.13. The maximum absolute atomic E-state index is 13.3. The molecule has 35 heavy (non-hydrogen) atoms. The molecule has 0 aromatic heterocycles. The number of methoxy groups -OCH3 is 1. The molecule has 2 aliphatic rings. The van der Waals surface area contributed by atoms with Gasteiger partial charge in [-0.1, -0.05) is 38.3 Å². The van der Waals surface area contributed by atoms with Crippen LogP contribution in [-0.2, 0) is 4.79 Å². The minimum absolute atomic E-state index is 0.0782. The van der Waals surface area contributed by atoms with Gasteiger partial charge in [0.15, 0.2) is 0 Å². The summed E-state index contributed by atoms with van der Waals surface area (Å²) in [7, 11) is 1.52. The van der Waals surface area contributed by atoms with E-state index in [0.29, 0.717) is 30.0 Å². The number of hydrogen-bond acceptors (Lipinski definition) is 5. The van der Waals surface area contributed by atoms with Gasteiger partial charge in [0.1, 0.15) is 12.3 Å². The van der Waals surface area contributed by atoms with Crippen LogP contribution in [0.5, 0.6) is 5.75 Å². The highest BCUT2D eigenvalue weighted by molar-refractivity contribution is 6.22. The number of amides is 4. The van der Waals surface area contributed by atoms with E-state index in [9.17, 15) is 19.2 Å². The Balaban J connectivity index is 1.50. The van der Waals surface area contributed by atoms with Gasteiger partial charge in [-0.25, -0.2) is 0 Å². The molecule has 8 heteroatoms. The van der Waals surface area contributed by atoms with E-state index in [0.717, 1.165) is 32.1 Å². The first-order valence-corrected chi connectivity index (χ1v) is 12.2. The third-order valence-electron chi connectivity index (χ3n) is 6.60. The molecule has 2 aromatic rings. The summed E-state index contributed by atoms with van der Waals surface area (Å²) in [6.45, 7) is 2.14. The fourth-order valence-electron chi connectivity index (χ4n) is 4.88. The highest BCUT2D eigenvalue weighted by atomic mass is 16.5. The first-order chi connectivity index (χ1) is 16.9. The standard InChI is InChI=1S/C27H31N3O5/c1-3-15-29(17-24(31)28-22-11-7-8-12-23(22)35-2)25(32)18-13-14-20-21(16-18)27(34)30(26(20)33)19-9-5-4-6-10-19/h7-8,11-14,16,19H,3-6,9-10,15,17H2,1-2H3,(H,28,31). The van der Waals surface area contributed by atoms with E-state index >= 15 is 0 Å². The smallest absolute Gasteiger partial charge is 0.261 e. The van der Waals surface area contributed by atoms with Crippen LogP contribution in [0.25, 0.3) is 0 Å². The fourth-order valence-corrected chi connectivity index (χ4v) is 4.88. The van der Waals surface area contributed by atoms with E-state index in [2.05, 4.69) is 5.32 Å². The number of benzene rings is 2.